The first kappa shape index (κ1) is 10.1. The minimum Gasteiger partial charge on any atom is -0.263 e. The predicted molar refractivity (Wildman–Crippen MR) is 55.6 cm³/mol. The number of rotatable bonds is 1. The lowest BCUT2D eigenvalue weighted by atomic mass is 10.2. The quantitative estimate of drug-likeness (QED) is 0.669. The van der Waals surface area contributed by atoms with Crippen molar-refractivity contribution >= 4 is 27.0 Å². The molecule has 4 heteroatoms. The summed E-state index contributed by atoms with van der Waals surface area (Å²) in [6.45, 7) is 0. The van der Waals surface area contributed by atoms with Crippen LogP contribution in [0.1, 0.15) is 5.56 Å². The van der Waals surface area contributed by atoms with Crippen LogP contribution >= 0.6 is 11.6 Å². The lowest BCUT2D eigenvalue weighted by Gasteiger charge is -2.04. The highest BCUT2D eigenvalue weighted by atomic mass is 35.5. The Labute approximate surface area is 82.8 Å². The molecule has 13 heavy (non-hydrogen) atoms. The molecule has 1 atom stereocenters. The maximum absolute atomic E-state index is 11.5. The number of halogens is 1. The second-order valence-corrected chi connectivity index (χ2v) is 5.62. The van der Waals surface area contributed by atoms with Crippen LogP contribution in [-0.2, 0) is 9.52 Å². The molecule has 68 valence electrons. The molecule has 0 radical (unpaired) electrons. The fourth-order valence-electron chi connectivity index (χ4n) is 0.921. The molecule has 2 nitrogen and oxygen atoms in total. The van der Waals surface area contributed by atoms with Crippen LogP contribution in [0.5, 0.6) is 0 Å². The van der Waals surface area contributed by atoms with Gasteiger partial charge in [0.2, 0.25) is 0 Å². The lowest BCUT2D eigenvalue weighted by molar-refractivity contribution is 0.685. The minimum absolute atomic E-state index is 0.335. The van der Waals surface area contributed by atoms with Gasteiger partial charge in [0, 0.05) is 11.2 Å². The first-order valence-corrected chi connectivity index (χ1v) is 5.98. The Bertz CT molecular complexity index is 471. The fraction of sp³-hybridized carbons (Fsp3) is 0.111. The SMILES string of the molecule is C=S(C)(=O)c1ccc(C#N)cc1Cl. The third kappa shape index (κ3) is 2.24. The largest absolute Gasteiger partial charge is 0.263 e. The Morgan fingerprint density at radius 3 is 2.62 bits per heavy atom. The second-order valence-electron chi connectivity index (χ2n) is 2.76. The van der Waals surface area contributed by atoms with Crippen LogP contribution in [0, 0.1) is 11.3 Å². The van der Waals surface area contributed by atoms with Gasteiger partial charge in [-0.25, -0.2) is 0 Å². The third-order valence-electron chi connectivity index (χ3n) is 1.53. The van der Waals surface area contributed by atoms with Crippen molar-refractivity contribution in [3.8, 4) is 6.07 Å². The smallest absolute Gasteiger partial charge is 0.0992 e. The van der Waals surface area contributed by atoms with Crippen molar-refractivity contribution in [3.63, 3.8) is 0 Å². The summed E-state index contributed by atoms with van der Waals surface area (Å²) in [5.74, 6) is 3.52. The topological polar surface area (TPSA) is 40.9 Å². The molecular formula is C9H8ClNOS. The molecule has 1 unspecified atom stereocenters. The Morgan fingerprint density at radius 2 is 2.23 bits per heavy atom. The van der Waals surface area contributed by atoms with E-state index < -0.39 is 9.52 Å². The highest BCUT2D eigenvalue weighted by molar-refractivity contribution is 7.99. The van der Waals surface area contributed by atoms with Gasteiger partial charge in [-0.1, -0.05) is 11.6 Å². The molecule has 0 spiro atoms. The Kier molecular flexibility index (Phi) is 2.65. The van der Waals surface area contributed by atoms with Crippen LogP contribution in [0.25, 0.3) is 0 Å². The van der Waals surface area contributed by atoms with Gasteiger partial charge in [-0.3, -0.25) is 4.21 Å². The molecule has 0 aliphatic carbocycles. The summed E-state index contributed by atoms with van der Waals surface area (Å²) in [5, 5.41) is 8.89. The van der Waals surface area contributed by atoms with Gasteiger partial charge >= 0.3 is 0 Å². The average molecular weight is 214 g/mol. The van der Waals surface area contributed by atoms with E-state index in [4.69, 9.17) is 16.9 Å². The molecule has 0 aliphatic rings. The number of hydrogen-bond acceptors (Lipinski definition) is 2. The number of nitrogens with zero attached hydrogens (tertiary/aromatic N) is 1. The zero-order valence-electron chi connectivity index (χ0n) is 7.08. The van der Waals surface area contributed by atoms with E-state index in [0.717, 1.165) is 0 Å². The van der Waals surface area contributed by atoms with Crippen molar-refractivity contribution in [2.75, 3.05) is 6.26 Å². The van der Waals surface area contributed by atoms with Crippen LogP contribution in [0.4, 0.5) is 0 Å². The average Bonchev–Trinajstić information content (AvgIpc) is 2.01. The van der Waals surface area contributed by atoms with Crippen LogP contribution in [-0.4, -0.2) is 16.3 Å². The summed E-state index contributed by atoms with van der Waals surface area (Å²) in [4.78, 5) is 0.494. The molecule has 0 N–H and O–H groups in total. The highest BCUT2D eigenvalue weighted by Crippen LogP contribution is 2.21. The molecular weight excluding hydrogens is 206 g/mol. The molecule has 0 fully saturated rings. The van der Waals surface area contributed by atoms with Crippen molar-refractivity contribution in [2.24, 2.45) is 0 Å². The molecule has 1 aromatic rings. The van der Waals surface area contributed by atoms with E-state index in [2.05, 4.69) is 5.87 Å². The molecule has 0 saturated heterocycles. The van der Waals surface area contributed by atoms with Gasteiger partial charge < -0.3 is 0 Å². The minimum atomic E-state index is -2.30. The lowest BCUT2D eigenvalue weighted by Crippen LogP contribution is -1.97. The molecule has 1 aromatic carbocycles. The molecule has 0 aliphatic heterocycles. The van der Waals surface area contributed by atoms with E-state index >= 15 is 0 Å². The Balaban J connectivity index is 3.40. The Hall–Kier alpha value is -0.980. The summed E-state index contributed by atoms with van der Waals surface area (Å²) in [5.41, 5.74) is 0.456. The van der Waals surface area contributed by atoms with Crippen molar-refractivity contribution in [2.45, 2.75) is 4.90 Å². The van der Waals surface area contributed by atoms with E-state index in [0.29, 0.717) is 15.5 Å². The monoisotopic (exact) mass is 213 g/mol. The van der Waals surface area contributed by atoms with Crippen molar-refractivity contribution < 1.29 is 4.21 Å². The maximum Gasteiger partial charge on any atom is 0.0992 e. The van der Waals surface area contributed by atoms with Crippen LogP contribution in [0.3, 0.4) is 0 Å². The summed E-state index contributed by atoms with van der Waals surface area (Å²) < 4.78 is 11.5. The van der Waals surface area contributed by atoms with E-state index in [1.165, 1.54) is 12.3 Å². The molecule has 0 bridgehead atoms. The second kappa shape index (κ2) is 3.41. The zero-order valence-corrected chi connectivity index (χ0v) is 8.65. The van der Waals surface area contributed by atoms with Gasteiger partial charge in [-0.2, -0.15) is 5.26 Å². The van der Waals surface area contributed by atoms with Crippen LogP contribution in [0.15, 0.2) is 23.1 Å². The van der Waals surface area contributed by atoms with Crippen molar-refractivity contribution in [1.29, 1.82) is 5.26 Å². The van der Waals surface area contributed by atoms with Crippen LogP contribution < -0.4 is 0 Å². The number of benzene rings is 1. The summed E-state index contributed by atoms with van der Waals surface area (Å²) in [6, 6.07) is 6.60. The fourth-order valence-corrected chi connectivity index (χ4v) is 2.42. The number of hydrogen-bond donors (Lipinski definition) is 0. The first-order valence-electron chi connectivity index (χ1n) is 3.47. The summed E-state index contributed by atoms with van der Waals surface area (Å²) in [7, 11) is -2.30. The number of nitriles is 1. The standard InChI is InChI=1S/C9H8ClNOS/c1-13(2,12)9-4-3-7(6-11)5-8(9)10/h3-5H,1H2,2H3. The zero-order chi connectivity index (χ0) is 10.1. The first-order chi connectivity index (χ1) is 5.95. The van der Waals surface area contributed by atoms with Gasteiger partial charge in [-0.15, -0.1) is 0 Å². The molecule has 1 rings (SSSR count). The third-order valence-corrected chi connectivity index (χ3v) is 3.24. The molecule has 0 heterocycles. The van der Waals surface area contributed by atoms with Gasteiger partial charge in [0.25, 0.3) is 0 Å². The van der Waals surface area contributed by atoms with E-state index in [9.17, 15) is 4.21 Å². The van der Waals surface area contributed by atoms with E-state index in [1.807, 2.05) is 6.07 Å². The normalized spacial score (nSPS) is 14.5. The molecule has 0 saturated carbocycles. The Morgan fingerprint density at radius 1 is 1.62 bits per heavy atom. The van der Waals surface area contributed by atoms with Gasteiger partial charge in [0.15, 0.2) is 0 Å². The molecule has 0 amide bonds. The van der Waals surface area contributed by atoms with E-state index in [1.54, 1.807) is 12.1 Å². The van der Waals surface area contributed by atoms with Gasteiger partial charge in [0.05, 0.1) is 16.7 Å². The highest BCUT2D eigenvalue weighted by Gasteiger charge is 2.06. The van der Waals surface area contributed by atoms with Crippen molar-refractivity contribution in [3.05, 3.63) is 28.8 Å². The summed E-state index contributed by atoms with van der Waals surface area (Å²) in [6.07, 6.45) is 1.51. The predicted octanol–water partition coefficient (Wildman–Crippen LogP) is 1.92. The van der Waals surface area contributed by atoms with Crippen molar-refractivity contribution in [1.82, 2.24) is 0 Å². The van der Waals surface area contributed by atoms with Gasteiger partial charge in [0.1, 0.15) is 0 Å². The summed E-state index contributed by atoms with van der Waals surface area (Å²) >= 11 is 5.82. The van der Waals surface area contributed by atoms with Gasteiger partial charge in [-0.05, 0) is 33.6 Å². The van der Waals surface area contributed by atoms with Crippen LogP contribution in [0.2, 0.25) is 5.02 Å². The molecule has 0 aromatic heterocycles. The maximum atomic E-state index is 11.5. The van der Waals surface area contributed by atoms with E-state index in [-0.39, 0.29) is 0 Å².